The lowest BCUT2D eigenvalue weighted by Gasteiger charge is -2.38. The van der Waals surface area contributed by atoms with Crippen LogP contribution in [0.1, 0.15) is 31.2 Å². The van der Waals surface area contributed by atoms with Gasteiger partial charge in [-0.25, -0.2) is 0 Å². The fourth-order valence-electron chi connectivity index (χ4n) is 3.77. The van der Waals surface area contributed by atoms with Crippen LogP contribution in [0.5, 0.6) is 5.75 Å². The molecule has 0 fully saturated rings. The zero-order valence-corrected chi connectivity index (χ0v) is 18.9. The minimum atomic E-state index is -0.502. The third-order valence-corrected chi connectivity index (χ3v) is 5.44. The van der Waals surface area contributed by atoms with Crippen LogP contribution in [0, 0.1) is 6.92 Å². The Kier molecular flexibility index (Phi) is 6.23. The van der Waals surface area contributed by atoms with Gasteiger partial charge in [-0.3, -0.25) is 9.69 Å². The predicted octanol–water partition coefficient (Wildman–Crippen LogP) is 4.73. The Balaban J connectivity index is 1.83. The van der Waals surface area contributed by atoms with Crippen molar-refractivity contribution in [3.63, 3.8) is 0 Å². The predicted molar refractivity (Wildman–Crippen MR) is 128 cm³/mol. The molecule has 0 radical (unpaired) electrons. The van der Waals surface area contributed by atoms with E-state index in [2.05, 4.69) is 15.8 Å². The summed E-state index contributed by atoms with van der Waals surface area (Å²) < 4.78 is 10.9. The van der Waals surface area contributed by atoms with Crippen LogP contribution in [0.2, 0.25) is 0 Å². The van der Waals surface area contributed by atoms with Crippen LogP contribution >= 0.6 is 12.2 Å². The Bertz CT molecular complexity index is 1170. The fourth-order valence-corrected chi connectivity index (χ4v) is 4.13. The Hall–Kier alpha value is -3.65. The van der Waals surface area contributed by atoms with Crippen molar-refractivity contribution in [2.24, 2.45) is 0 Å². The van der Waals surface area contributed by atoms with E-state index in [1.165, 1.54) is 0 Å². The molecule has 0 unspecified atom stereocenters. The van der Waals surface area contributed by atoms with Gasteiger partial charge in [0.1, 0.15) is 11.5 Å². The van der Waals surface area contributed by atoms with Gasteiger partial charge in [0, 0.05) is 23.0 Å². The number of aryl methyl sites for hydroxylation is 1. The molecule has 0 bridgehead atoms. The molecule has 1 aliphatic rings. The number of para-hydroxylation sites is 2. The van der Waals surface area contributed by atoms with E-state index in [0.29, 0.717) is 40.3 Å². The summed E-state index contributed by atoms with van der Waals surface area (Å²) in [7, 11) is 0. The number of amides is 1. The van der Waals surface area contributed by atoms with Crippen LogP contribution in [-0.2, 0) is 4.79 Å². The zero-order valence-electron chi connectivity index (χ0n) is 18.1. The largest absolute Gasteiger partial charge is 0.494 e. The van der Waals surface area contributed by atoms with Crippen molar-refractivity contribution in [1.29, 1.82) is 0 Å². The van der Waals surface area contributed by atoms with Gasteiger partial charge < -0.3 is 19.9 Å². The maximum absolute atomic E-state index is 13.5. The van der Waals surface area contributed by atoms with Gasteiger partial charge in [-0.2, -0.15) is 0 Å². The normalized spacial score (nSPS) is 16.0. The summed E-state index contributed by atoms with van der Waals surface area (Å²) in [6.07, 6.45) is 0. The van der Waals surface area contributed by atoms with Gasteiger partial charge in [-0.05, 0) is 51.2 Å². The molecule has 1 aliphatic heterocycles. The number of carbonyl (C=O) groups excluding carboxylic acids is 1. The second-order valence-corrected chi connectivity index (χ2v) is 7.69. The van der Waals surface area contributed by atoms with Crippen molar-refractivity contribution in [1.82, 2.24) is 10.5 Å². The number of aromatic nitrogens is 1. The first-order chi connectivity index (χ1) is 15.5. The van der Waals surface area contributed by atoms with Crippen molar-refractivity contribution >= 4 is 34.7 Å². The second-order valence-electron chi connectivity index (χ2n) is 7.30. The van der Waals surface area contributed by atoms with Gasteiger partial charge in [0.15, 0.2) is 10.9 Å². The van der Waals surface area contributed by atoms with Crippen molar-refractivity contribution in [2.45, 2.75) is 26.8 Å². The van der Waals surface area contributed by atoms with E-state index in [4.69, 9.17) is 21.5 Å². The van der Waals surface area contributed by atoms with Crippen LogP contribution < -0.4 is 20.3 Å². The second kappa shape index (κ2) is 9.23. The number of nitrogens with one attached hydrogen (secondary N) is 2. The average Bonchev–Trinajstić information content (AvgIpc) is 3.19. The van der Waals surface area contributed by atoms with E-state index >= 15 is 0 Å². The van der Waals surface area contributed by atoms with Gasteiger partial charge in [0.2, 0.25) is 0 Å². The molecule has 8 heteroatoms. The van der Waals surface area contributed by atoms with Crippen LogP contribution in [0.3, 0.4) is 0 Å². The molecule has 1 amide bonds. The first-order valence-corrected chi connectivity index (χ1v) is 10.7. The molecule has 2 aromatic carbocycles. The molecule has 0 saturated carbocycles. The maximum Gasteiger partial charge on any atom is 0.257 e. The maximum atomic E-state index is 13.5. The number of nitrogens with zero attached hydrogens (tertiary/aromatic N) is 2. The first kappa shape index (κ1) is 21.6. The van der Waals surface area contributed by atoms with Crippen LogP contribution in [0.25, 0.3) is 0 Å². The average molecular weight is 449 g/mol. The number of rotatable bonds is 6. The minimum Gasteiger partial charge on any atom is -0.494 e. The van der Waals surface area contributed by atoms with Crippen LogP contribution in [0.15, 0.2) is 76.5 Å². The first-order valence-electron chi connectivity index (χ1n) is 10.3. The van der Waals surface area contributed by atoms with Gasteiger partial charge in [-0.1, -0.05) is 41.6 Å². The number of carbonyl (C=O) groups is 1. The van der Waals surface area contributed by atoms with Gasteiger partial charge >= 0.3 is 0 Å². The molecule has 32 heavy (non-hydrogen) atoms. The summed E-state index contributed by atoms with van der Waals surface area (Å²) in [5.74, 6) is 1.35. The number of hydrogen-bond donors (Lipinski definition) is 2. The van der Waals surface area contributed by atoms with E-state index < -0.39 is 6.04 Å². The molecule has 4 rings (SSSR count). The molecule has 0 saturated heterocycles. The molecular weight excluding hydrogens is 424 g/mol. The molecular formula is C24H24N4O3S. The highest BCUT2D eigenvalue weighted by atomic mass is 32.1. The molecule has 2 heterocycles. The molecule has 1 atom stereocenters. The standard InChI is InChI=1S/C24H24N4O3S/c1-4-30-19-13-9-8-12-18(19)22-21(23(29)25-20-14-15(2)31-27-20)16(3)28(24(32)26-22)17-10-6-5-7-11-17/h5-14,22H,4H2,1-3H3,(H,26,32)(H,25,27,29)/t22-/m0/s1. The number of allylic oxidation sites excluding steroid dienone is 1. The van der Waals surface area contributed by atoms with E-state index in [1.807, 2.05) is 73.3 Å². The van der Waals surface area contributed by atoms with E-state index in [-0.39, 0.29) is 5.91 Å². The summed E-state index contributed by atoms with van der Waals surface area (Å²) >= 11 is 5.72. The summed E-state index contributed by atoms with van der Waals surface area (Å²) in [6, 6.07) is 18.5. The van der Waals surface area contributed by atoms with Gasteiger partial charge in [0.05, 0.1) is 18.2 Å². The lowest BCUT2D eigenvalue weighted by molar-refractivity contribution is -0.113. The summed E-state index contributed by atoms with van der Waals surface area (Å²) in [6.45, 7) is 6.09. The molecule has 2 N–H and O–H groups in total. The highest BCUT2D eigenvalue weighted by molar-refractivity contribution is 7.80. The Morgan fingerprint density at radius 3 is 2.59 bits per heavy atom. The topological polar surface area (TPSA) is 79.6 Å². The Morgan fingerprint density at radius 1 is 1.19 bits per heavy atom. The van der Waals surface area contributed by atoms with Crippen molar-refractivity contribution < 1.29 is 14.1 Å². The molecule has 0 spiro atoms. The lowest BCUT2D eigenvalue weighted by atomic mass is 9.93. The number of anilines is 2. The molecule has 7 nitrogen and oxygen atoms in total. The number of benzene rings is 2. The Morgan fingerprint density at radius 2 is 1.91 bits per heavy atom. The molecule has 0 aliphatic carbocycles. The molecule has 1 aromatic heterocycles. The molecule has 3 aromatic rings. The highest BCUT2D eigenvalue weighted by Gasteiger charge is 2.36. The lowest BCUT2D eigenvalue weighted by Crippen LogP contribution is -2.48. The van der Waals surface area contributed by atoms with Crippen molar-refractivity contribution in [3.8, 4) is 5.75 Å². The number of thiocarbonyl (C=S) groups is 1. The summed E-state index contributed by atoms with van der Waals surface area (Å²) in [4.78, 5) is 15.4. The summed E-state index contributed by atoms with van der Waals surface area (Å²) in [5, 5.41) is 10.6. The molecule has 164 valence electrons. The number of ether oxygens (including phenoxy) is 1. The zero-order chi connectivity index (χ0) is 22.7. The quantitative estimate of drug-likeness (QED) is 0.528. The van der Waals surface area contributed by atoms with Crippen LogP contribution in [-0.4, -0.2) is 22.8 Å². The van der Waals surface area contributed by atoms with Crippen molar-refractivity contribution in [2.75, 3.05) is 16.8 Å². The fraction of sp³-hybridized carbons (Fsp3) is 0.208. The Labute approximate surface area is 192 Å². The number of hydrogen-bond acceptors (Lipinski definition) is 5. The van der Waals surface area contributed by atoms with Crippen molar-refractivity contribution in [3.05, 3.63) is 83.3 Å². The SMILES string of the molecule is CCOc1ccccc1[C@@H]1NC(=S)N(c2ccccc2)C(C)=C1C(=O)Nc1cc(C)on1. The minimum absolute atomic E-state index is 0.303. The summed E-state index contributed by atoms with van der Waals surface area (Å²) in [5.41, 5.74) is 2.91. The third kappa shape index (κ3) is 4.22. The third-order valence-electron chi connectivity index (χ3n) is 5.14. The van der Waals surface area contributed by atoms with E-state index in [9.17, 15) is 4.79 Å². The van der Waals surface area contributed by atoms with E-state index in [1.54, 1.807) is 13.0 Å². The van der Waals surface area contributed by atoms with E-state index in [0.717, 1.165) is 11.3 Å². The monoisotopic (exact) mass is 448 g/mol. The van der Waals surface area contributed by atoms with Gasteiger partial charge in [0.25, 0.3) is 5.91 Å². The van der Waals surface area contributed by atoms with Crippen LogP contribution in [0.4, 0.5) is 11.5 Å². The smallest absolute Gasteiger partial charge is 0.257 e. The van der Waals surface area contributed by atoms with Gasteiger partial charge in [-0.15, -0.1) is 0 Å². The highest BCUT2D eigenvalue weighted by Crippen LogP contribution is 2.37.